The number of carbonyl (C=O) groups excluding carboxylic acids is 1. The van der Waals surface area contributed by atoms with Crippen molar-refractivity contribution < 1.29 is 13.2 Å². The summed E-state index contributed by atoms with van der Waals surface area (Å²) < 4.78 is 24.4. The zero-order chi connectivity index (χ0) is 17.7. The second-order valence-electron chi connectivity index (χ2n) is 5.56. The molecule has 0 saturated carbocycles. The Bertz CT molecular complexity index is 951. The lowest BCUT2D eigenvalue weighted by Crippen LogP contribution is -2.22. The molecule has 0 bridgehead atoms. The van der Waals surface area contributed by atoms with Crippen LogP contribution >= 0.6 is 0 Å². The van der Waals surface area contributed by atoms with Gasteiger partial charge in [-0.3, -0.25) is 4.79 Å². The van der Waals surface area contributed by atoms with Crippen LogP contribution in [0.25, 0.3) is 11.1 Å². The van der Waals surface area contributed by atoms with Crippen LogP contribution in [0.2, 0.25) is 0 Å². The van der Waals surface area contributed by atoms with E-state index in [1.165, 1.54) is 12.1 Å². The third-order valence-corrected chi connectivity index (χ3v) is 5.33. The highest BCUT2D eigenvalue weighted by atomic mass is 32.2. The Morgan fingerprint density at radius 2 is 1.24 bits per heavy atom. The number of benzene rings is 3. The Balaban J connectivity index is 1.67. The molecule has 0 saturated heterocycles. The van der Waals surface area contributed by atoms with Crippen LogP contribution in [-0.2, 0) is 14.6 Å². The summed E-state index contributed by atoms with van der Waals surface area (Å²) in [5.41, 5.74) is 2.66. The lowest BCUT2D eigenvalue weighted by molar-refractivity contribution is -0.113. The second kappa shape index (κ2) is 7.32. The molecular formula is C20H17NO3S. The maximum absolute atomic E-state index is 12.2. The highest BCUT2D eigenvalue weighted by Gasteiger charge is 2.19. The Morgan fingerprint density at radius 1 is 0.720 bits per heavy atom. The minimum absolute atomic E-state index is 0.143. The zero-order valence-electron chi connectivity index (χ0n) is 13.4. The Morgan fingerprint density at radius 3 is 1.84 bits per heavy atom. The van der Waals surface area contributed by atoms with Gasteiger partial charge in [-0.15, -0.1) is 0 Å². The van der Waals surface area contributed by atoms with Gasteiger partial charge in [-0.2, -0.15) is 0 Å². The number of hydrogen-bond acceptors (Lipinski definition) is 3. The quantitative estimate of drug-likeness (QED) is 0.761. The summed E-state index contributed by atoms with van der Waals surface area (Å²) in [5, 5.41) is 2.63. The summed E-state index contributed by atoms with van der Waals surface area (Å²) in [4.78, 5) is 12.2. The number of hydrogen-bond donors (Lipinski definition) is 1. The van der Waals surface area contributed by atoms with Gasteiger partial charge in [0, 0.05) is 5.69 Å². The fraction of sp³-hybridized carbons (Fsp3) is 0.0500. The van der Waals surface area contributed by atoms with E-state index < -0.39 is 21.5 Å². The molecule has 126 valence electrons. The molecule has 25 heavy (non-hydrogen) atoms. The van der Waals surface area contributed by atoms with Crippen molar-refractivity contribution in [2.24, 2.45) is 0 Å². The Kier molecular flexibility index (Phi) is 4.95. The molecule has 3 aromatic rings. The fourth-order valence-electron chi connectivity index (χ4n) is 2.46. The van der Waals surface area contributed by atoms with Gasteiger partial charge in [0.15, 0.2) is 9.84 Å². The first kappa shape index (κ1) is 16.9. The van der Waals surface area contributed by atoms with Gasteiger partial charge < -0.3 is 5.32 Å². The van der Waals surface area contributed by atoms with Gasteiger partial charge in [-0.25, -0.2) is 8.42 Å². The van der Waals surface area contributed by atoms with Crippen LogP contribution in [0.5, 0.6) is 0 Å². The van der Waals surface area contributed by atoms with E-state index in [0.29, 0.717) is 5.69 Å². The molecule has 0 unspecified atom stereocenters. The van der Waals surface area contributed by atoms with Crippen LogP contribution < -0.4 is 5.32 Å². The largest absolute Gasteiger partial charge is 0.325 e. The number of sulfone groups is 1. The molecular weight excluding hydrogens is 334 g/mol. The molecule has 0 spiro atoms. The van der Waals surface area contributed by atoms with Gasteiger partial charge in [0.2, 0.25) is 5.91 Å². The number of nitrogens with one attached hydrogen (secondary N) is 1. The first-order valence-electron chi connectivity index (χ1n) is 7.78. The predicted molar refractivity (Wildman–Crippen MR) is 99.0 cm³/mol. The molecule has 3 aromatic carbocycles. The standard InChI is InChI=1S/C20H17NO3S/c22-20(15-25(23,24)19-9-5-2-6-10-19)21-18-13-11-17(12-14-18)16-7-3-1-4-8-16/h1-14H,15H2,(H,21,22). The molecule has 5 heteroatoms. The molecule has 0 radical (unpaired) electrons. The number of rotatable bonds is 5. The Labute approximate surface area is 147 Å². The van der Waals surface area contributed by atoms with Gasteiger partial charge in [-0.05, 0) is 35.4 Å². The van der Waals surface area contributed by atoms with Crippen LogP contribution in [0.4, 0.5) is 5.69 Å². The van der Waals surface area contributed by atoms with Gasteiger partial charge in [0.1, 0.15) is 5.75 Å². The third kappa shape index (κ3) is 4.33. The topological polar surface area (TPSA) is 63.2 Å². The molecule has 0 aromatic heterocycles. The van der Waals surface area contributed by atoms with Crippen LogP contribution in [0.1, 0.15) is 0 Å². The maximum atomic E-state index is 12.2. The average molecular weight is 351 g/mol. The van der Waals surface area contributed by atoms with Crippen LogP contribution in [0.3, 0.4) is 0 Å². The van der Waals surface area contributed by atoms with Crippen molar-refractivity contribution in [3.63, 3.8) is 0 Å². The minimum atomic E-state index is -3.64. The maximum Gasteiger partial charge on any atom is 0.239 e. The van der Waals surface area contributed by atoms with Crippen LogP contribution in [0, 0.1) is 0 Å². The monoisotopic (exact) mass is 351 g/mol. The Hall–Kier alpha value is -2.92. The number of carbonyl (C=O) groups is 1. The first-order chi connectivity index (χ1) is 12.0. The lowest BCUT2D eigenvalue weighted by Gasteiger charge is -2.08. The molecule has 0 heterocycles. The van der Waals surface area contributed by atoms with Crippen molar-refractivity contribution in [3.05, 3.63) is 84.9 Å². The highest BCUT2D eigenvalue weighted by molar-refractivity contribution is 7.92. The molecule has 0 atom stereocenters. The fourth-order valence-corrected chi connectivity index (χ4v) is 3.61. The molecule has 1 N–H and O–H groups in total. The first-order valence-corrected chi connectivity index (χ1v) is 9.43. The average Bonchev–Trinajstić information content (AvgIpc) is 2.63. The van der Waals surface area contributed by atoms with Crippen molar-refractivity contribution in [2.45, 2.75) is 4.90 Å². The van der Waals surface area contributed by atoms with Crippen LogP contribution in [0.15, 0.2) is 89.8 Å². The van der Waals surface area contributed by atoms with Gasteiger partial charge in [0.25, 0.3) is 0 Å². The van der Waals surface area contributed by atoms with E-state index in [1.807, 2.05) is 42.5 Å². The van der Waals surface area contributed by atoms with E-state index in [9.17, 15) is 13.2 Å². The summed E-state index contributed by atoms with van der Waals surface area (Å²) in [7, 11) is -3.64. The summed E-state index contributed by atoms with van der Waals surface area (Å²) in [6.07, 6.45) is 0. The predicted octanol–water partition coefficient (Wildman–Crippen LogP) is 3.77. The van der Waals surface area contributed by atoms with Crippen molar-refractivity contribution in [1.82, 2.24) is 0 Å². The van der Waals surface area contributed by atoms with E-state index in [2.05, 4.69) is 5.32 Å². The molecule has 0 aliphatic carbocycles. The van der Waals surface area contributed by atoms with Gasteiger partial charge >= 0.3 is 0 Å². The number of anilines is 1. The lowest BCUT2D eigenvalue weighted by atomic mass is 10.1. The van der Waals surface area contributed by atoms with Crippen molar-refractivity contribution >= 4 is 21.4 Å². The molecule has 0 aliphatic heterocycles. The van der Waals surface area contributed by atoms with E-state index in [1.54, 1.807) is 30.3 Å². The van der Waals surface area contributed by atoms with Crippen molar-refractivity contribution in [2.75, 3.05) is 11.1 Å². The SMILES string of the molecule is O=C(CS(=O)(=O)c1ccccc1)Nc1ccc(-c2ccccc2)cc1. The number of amides is 1. The van der Waals surface area contributed by atoms with Crippen molar-refractivity contribution in [3.8, 4) is 11.1 Å². The zero-order valence-corrected chi connectivity index (χ0v) is 14.2. The third-order valence-electron chi connectivity index (χ3n) is 3.70. The molecule has 4 nitrogen and oxygen atoms in total. The molecule has 1 amide bonds. The van der Waals surface area contributed by atoms with Gasteiger partial charge in [-0.1, -0.05) is 60.7 Å². The van der Waals surface area contributed by atoms with E-state index >= 15 is 0 Å². The molecule has 3 rings (SSSR count). The minimum Gasteiger partial charge on any atom is -0.325 e. The summed E-state index contributed by atoms with van der Waals surface area (Å²) in [6.45, 7) is 0. The smallest absolute Gasteiger partial charge is 0.239 e. The van der Waals surface area contributed by atoms with E-state index in [-0.39, 0.29) is 4.90 Å². The summed E-state index contributed by atoms with van der Waals surface area (Å²) in [6, 6.07) is 25.1. The molecule has 0 fully saturated rings. The molecule has 0 aliphatic rings. The highest BCUT2D eigenvalue weighted by Crippen LogP contribution is 2.21. The second-order valence-corrected chi connectivity index (χ2v) is 7.55. The van der Waals surface area contributed by atoms with Crippen LogP contribution in [-0.4, -0.2) is 20.1 Å². The summed E-state index contributed by atoms with van der Waals surface area (Å²) in [5.74, 6) is -1.14. The van der Waals surface area contributed by atoms with Gasteiger partial charge in [0.05, 0.1) is 4.90 Å². The van der Waals surface area contributed by atoms with Crippen molar-refractivity contribution in [1.29, 1.82) is 0 Å². The van der Waals surface area contributed by atoms with E-state index in [0.717, 1.165) is 11.1 Å². The van der Waals surface area contributed by atoms with E-state index in [4.69, 9.17) is 0 Å². The summed E-state index contributed by atoms with van der Waals surface area (Å²) >= 11 is 0. The normalized spacial score (nSPS) is 11.0.